The van der Waals surface area contributed by atoms with Crippen molar-refractivity contribution in [2.75, 3.05) is 7.05 Å². The van der Waals surface area contributed by atoms with Crippen molar-refractivity contribution in [3.63, 3.8) is 0 Å². The molecule has 0 saturated heterocycles. The van der Waals surface area contributed by atoms with Crippen molar-refractivity contribution < 1.29 is 4.58 Å². The van der Waals surface area contributed by atoms with Crippen molar-refractivity contribution in [1.82, 2.24) is 0 Å². The summed E-state index contributed by atoms with van der Waals surface area (Å²) in [5.74, 6) is 0. The second-order valence-corrected chi connectivity index (χ2v) is 3.99. The van der Waals surface area contributed by atoms with Crippen LogP contribution in [0.1, 0.15) is 24.9 Å². The molecule has 0 amide bonds. The molecule has 1 atom stereocenters. The van der Waals surface area contributed by atoms with Crippen molar-refractivity contribution in [2.45, 2.75) is 24.3 Å². The number of nitrogens with zero attached hydrogens (tertiary/aromatic N) is 2. The Morgan fingerprint density at radius 3 is 2.73 bits per heavy atom. The molecule has 0 spiro atoms. The summed E-state index contributed by atoms with van der Waals surface area (Å²) < 4.78 is 1.70. The van der Waals surface area contributed by atoms with Crippen LogP contribution in [-0.4, -0.2) is 24.7 Å². The number of rotatable bonds is 4. The Kier molecular flexibility index (Phi) is 4.56. The molecule has 3 heteroatoms. The predicted molar refractivity (Wildman–Crippen MR) is 68.5 cm³/mol. The van der Waals surface area contributed by atoms with E-state index in [-0.39, 0.29) is 6.04 Å². The molecule has 1 aromatic carbocycles. The Morgan fingerprint density at radius 1 is 1.53 bits per heavy atom. The van der Waals surface area contributed by atoms with Crippen LogP contribution in [0.15, 0.2) is 34.2 Å². The molecule has 0 bridgehead atoms. The third-order valence-electron chi connectivity index (χ3n) is 2.13. The Hall–Kier alpha value is -1.09. The summed E-state index contributed by atoms with van der Waals surface area (Å²) >= 11 is 4.43. The highest BCUT2D eigenvalue weighted by molar-refractivity contribution is 7.80. The first-order chi connectivity index (χ1) is 7.15. The third-order valence-corrected chi connectivity index (χ3v) is 2.53. The second kappa shape index (κ2) is 5.71. The zero-order valence-corrected chi connectivity index (χ0v) is 10.1. The lowest BCUT2D eigenvalue weighted by molar-refractivity contribution is -0.349. The van der Waals surface area contributed by atoms with Crippen LogP contribution in [0.2, 0.25) is 0 Å². The zero-order valence-electron chi connectivity index (χ0n) is 9.22. The van der Waals surface area contributed by atoms with E-state index in [1.54, 1.807) is 10.9 Å². The summed E-state index contributed by atoms with van der Waals surface area (Å²) in [7, 11) is 1.86. The van der Waals surface area contributed by atoms with Gasteiger partial charge in [0, 0.05) is 10.5 Å². The molecule has 1 unspecified atom stereocenters. The van der Waals surface area contributed by atoms with Crippen LogP contribution in [0, 0.1) is 0 Å². The number of benzene rings is 1. The maximum atomic E-state index is 4.46. The molecule has 0 aliphatic heterocycles. The fourth-order valence-corrected chi connectivity index (χ4v) is 1.68. The normalized spacial score (nSPS) is 13.0. The van der Waals surface area contributed by atoms with E-state index in [9.17, 15) is 0 Å². The van der Waals surface area contributed by atoms with Crippen molar-refractivity contribution in [3.05, 3.63) is 29.8 Å². The van der Waals surface area contributed by atoms with Gasteiger partial charge in [-0.3, -0.25) is 0 Å². The molecule has 0 saturated carbocycles. The van der Waals surface area contributed by atoms with E-state index in [0.29, 0.717) is 0 Å². The highest BCUT2D eigenvalue weighted by Gasteiger charge is 2.14. The molecule has 1 aromatic rings. The first-order valence-corrected chi connectivity index (χ1v) is 5.44. The van der Waals surface area contributed by atoms with Crippen LogP contribution in [0.3, 0.4) is 0 Å². The lowest BCUT2D eigenvalue weighted by atomic mass is 10.1. The monoisotopic (exact) mass is 221 g/mol. The summed E-state index contributed by atoms with van der Waals surface area (Å²) in [5.41, 5.74) is 1.17. The highest BCUT2D eigenvalue weighted by Crippen LogP contribution is 2.26. The Balaban J connectivity index is 2.93. The summed E-state index contributed by atoms with van der Waals surface area (Å²) in [6, 6.07) is 8.22. The number of aliphatic imine (C=N–C) groups is 1. The van der Waals surface area contributed by atoms with E-state index in [4.69, 9.17) is 0 Å². The number of hydrogen-bond acceptors (Lipinski definition) is 2. The van der Waals surface area contributed by atoms with Gasteiger partial charge in [0.05, 0.1) is 13.8 Å². The van der Waals surface area contributed by atoms with Crippen molar-refractivity contribution in [2.24, 2.45) is 4.99 Å². The molecule has 0 aromatic heterocycles. The van der Waals surface area contributed by atoms with Gasteiger partial charge >= 0.3 is 0 Å². The van der Waals surface area contributed by atoms with Gasteiger partial charge in [-0.1, -0.05) is 30.1 Å². The maximum Gasteiger partial charge on any atom is 0.280 e. The Labute approximate surface area is 96.8 Å². The largest absolute Gasteiger partial charge is 0.280 e. The van der Waals surface area contributed by atoms with Crippen molar-refractivity contribution in [3.8, 4) is 0 Å². The van der Waals surface area contributed by atoms with Gasteiger partial charge in [0.1, 0.15) is 0 Å². The molecule has 0 radical (unpaired) electrons. The Bertz CT molecular complexity index is 372. The number of hydrogen-bond donors (Lipinski definition) is 1. The van der Waals surface area contributed by atoms with Gasteiger partial charge < -0.3 is 0 Å². The molecule has 0 heterocycles. The molecule has 0 aliphatic carbocycles. The van der Waals surface area contributed by atoms with Crippen molar-refractivity contribution in [1.29, 1.82) is 0 Å². The van der Waals surface area contributed by atoms with Gasteiger partial charge in [-0.15, -0.1) is 12.6 Å². The highest BCUT2D eigenvalue weighted by atomic mass is 32.1. The summed E-state index contributed by atoms with van der Waals surface area (Å²) in [6.45, 7) is 5.84. The Morgan fingerprint density at radius 2 is 2.20 bits per heavy atom. The van der Waals surface area contributed by atoms with Gasteiger partial charge in [0.15, 0.2) is 6.04 Å². The van der Waals surface area contributed by atoms with E-state index in [1.165, 1.54) is 5.56 Å². The molecule has 80 valence electrons. The fraction of sp³-hybridized carbons (Fsp3) is 0.333. The average molecular weight is 221 g/mol. The van der Waals surface area contributed by atoms with Crippen LogP contribution in [0.25, 0.3) is 0 Å². The summed E-state index contributed by atoms with van der Waals surface area (Å²) in [5, 5.41) is 0. The predicted octanol–water partition coefficient (Wildman–Crippen LogP) is 2.80. The van der Waals surface area contributed by atoms with Crippen LogP contribution in [0.5, 0.6) is 0 Å². The van der Waals surface area contributed by atoms with Crippen LogP contribution in [-0.2, 0) is 0 Å². The smallest absolute Gasteiger partial charge is 0.247 e. The molecule has 0 fully saturated rings. The fourth-order valence-electron chi connectivity index (χ4n) is 1.37. The lowest BCUT2D eigenvalue weighted by Crippen LogP contribution is -2.02. The molecule has 0 aliphatic rings. The minimum Gasteiger partial charge on any atom is -0.247 e. The topological polar surface area (TPSA) is 15.4 Å². The average Bonchev–Trinajstić information content (AvgIpc) is 2.21. The molecule has 0 N–H and O–H groups in total. The number of thiol groups is 1. The SMILES string of the molecule is C=[N+](C)C=NC(CC)c1ccccc1S. The molecule has 1 rings (SSSR count). The first kappa shape index (κ1) is 12.0. The zero-order chi connectivity index (χ0) is 11.3. The van der Waals surface area contributed by atoms with Crippen LogP contribution >= 0.6 is 12.6 Å². The minimum atomic E-state index is 0.169. The van der Waals surface area contributed by atoms with E-state index in [0.717, 1.165) is 11.3 Å². The molecular formula is C12H17N2S+. The van der Waals surface area contributed by atoms with Gasteiger partial charge in [-0.25, -0.2) is 4.58 Å². The third kappa shape index (κ3) is 3.51. The lowest BCUT2D eigenvalue weighted by Gasteiger charge is -2.07. The van der Waals surface area contributed by atoms with E-state index >= 15 is 0 Å². The van der Waals surface area contributed by atoms with Gasteiger partial charge in [-0.2, -0.15) is 0 Å². The first-order valence-electron chi connectivity index (χ1n) is 4.99. The standard InChI is InChI=1S/C12H16N2S/c1-4-11(13-9-14(2)3)10-7-5-6-8-12(10)15/h5-9,11H,2,4H2,1,3H3/p+1. The van der Waals surface area contributed by atoms with E-state index in [2.05, 4.69) is 37.3 Å². The molecular weight excluding hydrogens is 204 g/mol. The van der Waals surface area contributed by atoms with Crippen LogP contribution in [0.4, 0.5) is 0 Å². The minimum absolute atomic E-state index is 0.169. The maximum absolute atomic E-state index is 4.46. The van der Waals surface area contributed by atoms with Crippen LogP contribution < -0.4 is 0 Å². The molecule has 15 heavy (non-hydrogen) atoms. The van der Waals surface area contributed by atoms with E-state index < -0.39 is 0 Å². The quantitative estimate of drug-likeness (QED) is 0.348. The van der Waals surface area contributed by atoms with Gasteiger partial charge in [0.2, 0.25) is 0 Å². The van der Waals surface area contributed by atoms with E-state index in [1.807, 2.05) is 25.2 Å². The van der Waals surface area contributed by atoms with Crippen molar-refractivity contribution >= 4 is 25.7 Å². The van der Waals surface area contributed by atoms with Gasteiger partial charge in [-0.05, 0) is 12.5 Å². The summed E-state index contributed by atoms with van der Waals surface area (Å²) in [6.07, 6.45) is 2.70. The summed E-state index contributed by atoms with van der Waals surface area (Å²) in [4.78, 5) is 5.46. The second-order valence-electron chi connectivity index (χ2n) is 3.50. The molecule has 2 nitrogen and oxygen atoms in total. The van der Waals surface area contributed by atoms with Gasteiger partial charge in [0.25, 0.3) is 6.34 Å².